The van der Waals surface area contributed by atoms with Gasteiger partial charge in [0.1, 0.15) is 5.82 Å². The second-order valence-electron chi connectivity index (χ2n) is 5.03. The molecular formula is C14H14F4N2S. The predicted molar refractivity (Wildman–Crippen MR) is 75.8 cm³/mol. The van der Waals surface area contributed by atoms with Crippen molar-refractivity contribution in [1.29, 1.82) is 0 Å². The smallest absolute Gasteiger partial charge is 0.361 e. The Morgan fingerprint density at radius 1 is 1.24 bits per heavy atom. The van der Waals surface area contributed by atoms with Gasteiger partial charge in [0, 0.05) is 12.7 Å². The van der Waals surface area contributed by atoms with E-state index in [2.05, 4.69) is 10.3 Å². The van der Waals surface area contributed by atoms with Gasteiger partial charge in [0.15, 0.2) is 5.13 Å². The predicted octanol–water partition coefficient (Wildman–Crippen LogP) is 5.04. The first-order valence-electron chi connectivity index (χ1n) is 6.33. The molecule has 0 atom stereocenters. The molecule has 0 amide bonds. The van der Waals surface area contributed by atoms with E-state index in [1.807, 2.05) is 13.8 Å². The number of anilines is 1. The summed E-state index contributed by atoms with van der Waals surface area (Å²) >= 11 is 1.20. The molecular weight excluding hydrogens is 304 g/mol. The van der Waals surface area contributed by atoms with Crippen molar-refractivity contribution in [2.24, 2.45) is 5.92 Å². The van der Waals surface area contributed by atoms with Crippen LogP contribution in [0.25, 0.3) is 10.4 Å². The van der Waals surface area contributed by atoms with Crippen LogP contribution >= 0.6 is 11.3 Å². The molecule has 7 heteroatoms. The molecule has 0 radical (unpaired) electrons. The number of rotatable bonds is 4. The third kappa shape index (κ3) is 4.17. The van der Waals surface area contributed by atoms with Gasteiger partial charge >= 0.3 is 6.18 Å². The lowest BCUT2D eigenvalue weighted by atomic mass is 10.1. The van der Waals surface area contributed by atoms with E-state index in [0.29, 0.717) is 28.5 Å². The molecule has 0 bridgehead atoms. The van der Waals surface area contributed by atoms with Gasteiger partial charge in [-0.05, 0) is 29.7 Å². The Hall–Kier alpha value is -1.63. The minimum atomic E-state index is -4.57. The Morgan fingerprint density at radius 2 is 1.95 bits per heavy atom. The maximum atomic E-state index is 13.4. The molecule has 21 heavy (non-hydrogen) atoms. The quantitative estimate of drug-likeness (QED) is 0.799. The fourth-order valence-electron chi connectivity index (χ4n) is 1.68. The molecule has 0 unspecified atom stereocenters. The summed E-state index contributed by atoms with van der Waals surface area (Å²) in [4.78, 5) is 4.58. The number of alkyl halides is 3. The van der Waals surface area contributed by atoms with E-state index < -0.39 is 17.6 Å². The van der Waals surface area contributed by atoms with Gasteiger partial charge in [0.05, 0.1) is 10.4 Å². The van der Waals surface area contributed by atoms with Crippen molar-refractivity contribution in [3.05, 3.63) is 35.8 Å². The number of halogens is 4. The molecule has 1 aromatic heterocycles. The number of aromatic nitrogens is 1. The Labute approximate surface area is 123 Å². The minimum Gasteiger partial charge on any atom is -0.361 e. The van der Waals surface area contributed by atoms with Gasteiger partial charge in [-0.25, -0.2) is 9.37 Å². The molecule has 1 aromatic carbocycles. The van der Waals surface area contributed by atoms with E-state index in [-0.39, 0.29) is 5.56 Å². The third-order valence-electron chi connectivity index (χ3n) is 2.68. The van der Waals surface area contributed by atoms with Crippen LogP contribution in [0.2, 0.25) is 0 Å². The summed E-state index contributed by atoms with van der Waals surface area (Å²) in [6.07, 6.45) is -3.12. The van der Waals surface area contributed by atoms with Gasteiger partial charge in [0.2, 0.25) is 0 Å². The van der Waals surface area contributed by atoms with E-state index >= 15 is 0 Å². The van der Waals surface area contributed by atoms with Crippen molar-refractivity contribution in [3.8, 4) is 10.4 Å². The molecule has 2 aromatic rings. The highest BCUT2D eigenvalue weighted by atomic mass is 32.1. The third-order valence-corrected chi connectivity index (χ3v) is 3.68. The molecule has 0 aliphatic carbocycles. The number of benzene rings is 1. The van der Waals surface area contributed by atoms with Crippen LogP contribution in [0, 0.1) is 11.7 Å². The summed E-state index contributed by atoms with van der Waals surface area (Å²) in [6.45, 7) is 4.78. The van der Waals surface area contributed by atoms with Crippen molar-refractivity contribution >= 4 is 16.5 Å². The highest BCUT2D eigenvalue weighted by molar-refractivity contribution is 7.18. The monoisotopic (exact) mass is 318 g/mol. The van der Waals surface area contributed by atoms with E-state index in [9.17, 15) is 17.6 Å². The second kappa shape index (κ2) is 6.01. The highest BCUT2D eigenvalue weighted by Gasteiger charge is 2.31. The number of hydrogen-bond acceptors (Lipinski definition) is 3. The molecule has 2 rings (SSSR count). The minimum absolute atomic E-state index is 0.178. The molecule has 0 fully saturated rings. The van der Waals surface area contributed by atoms with Gasteiger partial charge in [-0.1, -0.05) is 25.2 Å². The maximum absolute atomic E-state index is 13.4. The summed E-state index contributed by atoms with van der Waals surface area (Å²) in [5.74, 6) is -0.492. The molecule has 0 spiro atoms. The first-order valence-corrected chi connectivity index (χ1v) is 7.15. The maximum Gasteiger partial charge on any atom is 0.416 e. The first kappa shape index (κ1) is 15.8. The fourth-order valence-corrected chi connectivity index (χ4v) is 2.49. The van der Waals surface area contributed by atoms with Crippen LogP contribution in [0.4, 0.5) is 22.7 Å². The zero-order valence-corrected chi connectivity index (χ0v) is 12.3. The number of nitrogens with one attached hydrogen (secondary N) is 1. The van der Waals surface area contributed by atoms with Crippen molar-refractivity contribution in [3.63, 3.8) is 0 Å². The number of hydrogen-bond donors (Lipinski definition) is 1. The normalized spacial score (nSPS) is 12.0. The molecule has 2 nitrogen and oxygen atoms in total. The van der Waals surface area contributed by atoms with Gasteiger partial charge in [-0.15, -0.1) is 0 Å². The molecule has 0 saturated heterocycles. The highest BCUT2D eigenvalue weighted by Crippen LogP contribution is 2.35. The van der Waals surface area contributed by atoms with E-state index in [0.717, 1.165) is 12.1 Å². The fraction of sp³-hybridized carbons (Fsp3) is 0.357. The first-order chi connectivity index (χ1) is 9.75. The summed E-state index contributed by atoms with van der Waals surface area (Å²) in [5.41, 5.74) is -0.819. The van der Waals surface area contributed by atoms with E-state index in [1.165, 1.54) is 17.5 Å². The molecule has 114 valence electrons. The van der Waals surface area contributed by atoms with Gasteiger partial charge in [0.25, 0.3) is 0 Å². The SMILES string of the molecule is CC(C)CNc1ncc(-c2cc(F)cc(C(F)(F)F)c2)s1. The largest absolute Gasteiger partial charge is 0.416 e. The van der Waals surface area contributed by atoms with E-state index in [1.54, 1.807) is 0 Å². The zero-order valence-electron chi connectivity index (χ0n) is 11.5. The average Bonchev–Trinajstić information content (AvgIpc) is 2.83. The summed E-state index contributed by atoms with van der Waals surface area (Å²) in [6, 6.07) is 2.50. The molecule has 0 aliphatic rings. The second-order valence-corrected chi connectivity index (χ2v) is 6.06. The summed E-state index contributed by atoms with van der Waals surface area (Å²) < 4.78 is 51.4. The van der Waals surface area contributed by atoms with Gasteiger partial charge in [-0.2, -0.15) is 13.2 Å². The van der Waals surface area contributed by atoms with Crippen molar-refractivity contribution < 1.29 is 17.6 Å². The van der Waals surface area contributed by atoms with Crippen LogP contribution in [0.3, 0.4) is 0 Å². The molecule has 0 saturated carbocycles. The van der Waals surface area contributed by atoms with Crippen LogP contribution in [0.15, 0.2) is 24.4 Å². The van der Waals surface area contributed by atoms with Crippen molar-refractivity contribution in [2.75, 3.05) is 11.9 Å². The summed E-state index contributed by atoms with van der Waals surface area (Å²) in [7, 11) is 0. The van der Waals surface area contributed by atoms with Crippen LogP contribution in [0.1, 0.15) is 19.4 Å². The molecule has 1 heterocycles. The number of nitrogens with zero attached hydrogens (tertiary/aromatic N) is 1. The topological polar surface area (TPSA) is 24.9 Å². The molecule has 1 N–H and O–H groups in total. The standard InChI is InChI=1S/C14H14F4N2S/c1-8(2)6-19-13-20-7-12(21-13)9-3-10(14(16,17)18)5-11(15)4-9/h3-5,7-8H,6H2,1-2H3,(H,19,20). The van der Waals surface area contributed by atoms with Crippen LogP contribution in [-0.2, 0) is 6.18 Å². The molecule has 0 aliphatic heterocycles. The Balaban J connectivity index is 2.28. The lowest BCUT2D eigenvalue weighted by molar-refractivity contribution is -0.137. The van der Waals surface area contributed by atoms with Crippen LogP contribution < -0.4 is 5.32 Å². The Bertz CT molecular complexity index is 620. The van der Waals surface area contributed by atoms with E-state index in [4.69, 9.17) is 0 Å². The van der Waals surface area contributed by atoms with Crippen LogP contribution in [0.5, 0.6) is 0 Å². The Kier molecular flexibility index (Phi) is 4.51. The van der Waals surface area contributed by atoms with Gasteiger partial charge in [-0.3, -0.25) is 0 Å². The lowest BCUT2D eigenvalue weighted by Crippen LogP contribution is -2.07. The zero-order chi connectivity index (χ0) is 15.6. The van der Waals surface area contributed by atoms with Crippen molar-refractivity contribution in [2.45, 2.75) is 20.0 Å². The number of thiazole rings is 1. The summed E-state index contributed by atoms with van der Waals surface area (Å²) in [5, 5.41) is 3.69. The van der Waals surface area contributed by atoms with Crippen LogP contribution in [-0.4, -0.2) is 11.5 Å². The lowest BCUT2D eigenvalue weighted by Gasteiger charge is -2.08. The van der Waals surface area contributed by atoms with Crippen molar-refractivity contribution in [1.82, 2.24) is 4.98 Å². The average molecular weight is 318 g/mol. The Morgan fingerprint density at radius 3 is 2.57 bits per heavy atom. The van der Waals surface area contributed by atoms with Gasteiger partial charge < -0.3 is 5.32 Å².